The Morgan fingerprint density at radius 1 is 0.554 bits per heavy atom. The summed E-state index contributed by atoms with van der Waals surface area (Å²) in [5.41, 5.74) is 10.5. The highest BCUT2D eigenvalue weighted by molar-refractivity contribution is 7.26. The second kappa shape index (κ2) is 13.1. The van der Waals surface area contributed by atoms with Crippen molar-refractivity contribution in [1.82, 2.24) is 4.57 Å². The van der Waals surface area contributed by atoms with Crippen LogP contribution in [0.2, 0.25) is 0 Å². The van der Waals surface area contributed by atoms with Crippen molar-refractivity contribution in [3.63, 3.8) is 0 Å². The van der Waals surface area contributed by atoms with Crippen LogP contribution in [0.15, 0.2) is 188 Å². The van der Waals surface area contributed by atoms with E-state index in [1.165, 1.54) is 42.0 Å². The zero-order valence-corrected chi connectivity index (χ0v) is 31.1. The van der Waals surface area contributed by atoms with Crippen molar-refractivity contribution in [2.24, 2.45) is 0 Å². The summed E-state index contributed by atoms with van der Waals surface area (Å²) in [5.74, 6) is 0.747. The standard InChI is InChI=1S/C51H34N2O2S/c54-46-32-48(34-12-4-1-5-13-34)55-47-28-22-35(30-44(46)47)33-20-23-38(24-21-33)52(36-14-6-2-7-15-36)39-25-29-49-43(31-39)42-27-26-41-40-18-10-11-19-45(40)53(50(41)51(42)56-49)37-16-8-3-9-17-37/h1-31,48H,32H2. The van der Waals surface area contributed by atoms with Gasteiger partial charge in [-0.3, -0.25) is 4.79 Å². The molecule has 1 atom stereocenters. The van der Waals surface area contributed by atoms with Crippen molar-refractivity contribution >= 4 is 76.2 Å². The molecule has 10 aromatic rings. The molecule has 0 saturated carbocycles. The fourth-order valence-corrected chi connectivity index (χ4v) is 9.66. The number of Topliss-reactive ketones (excluding diaryl/α,β-unsaturated/α-hetero) is 1. The number of aromatic nitrogens is 1. The van der Waals surface area contributed by atoms with Crippen molar-refractivity contribution in [2.75, 3.05) is 4.90 Å². The quantitative estimate of drug-likeness (QED) is 0.170. The predicted molar refractivity (Wildman–Crippen MR) is 233 cm³/mol. The minimum Gasteiger partial charge on any atom is -0.484 e. The summed E-state index contributed by atoms with van der Waals surface area (Å²) >= 11 is 1.86. The van der Waals surface area contributed by atoms with Gasteiger partial charge < -0.3 is 14.2 Å². The smallest absolute Gasteiger partial charge is 0.170 e. The summed E-state index contributed by atoms with van der Waals surface area (Å²) in [7, 11) is 0. The van der Waals surface area contributed by atoms with E-state index in [1.54, 1.807) is 0 Å². The van der Waals surface area contributed by atoms with Crippen LogP contribution >= 0.6 is 11.3 Å². The fraction of sp³-hybridized carbons (Fsp3) is 0.0392. The molecule has 56 heavy (non-hydrogen) atoms. The molecule has 3 heterocycles. The largest absolute Gasteiger partial charge is 0.484 e. The minimum atomic E-state index is -0.265. The maximum absolute atomic E-state index is 13.4. The van der Waals surface area contributed by atoms with Crippen LogP contribution in [0.25, 0.3) is 58.8 Å². The molecule has 8 aromatic carbocycles. The number of carbonyl (C=O) groups excluding carboxylic acids is 1. The second-order valence-corrected chi connectivity index (χ2v) is 15.4. The number of carbonyl (C=O) groups is 1. The van der Waals surface area contributed by atoms with E-state index < -0.39 is 0 Å². The van der Waals surface area contributed by atoms with E-state index in [0.717, 1.165) is 39.4 Å². The third kappa shape index (κ3) is 5.31. The van der Waals surface area contributed by atoms with Crippen LogP contribution in [-0.2, 0) is 0 Å². The normalized spacial score (nSPS) is 14.0. The highest BCUT2D eigenvalue weighted by Crippen LogP contribution is 2.46. The van der Waals surface area contributed by atoms with Gasteiger partial charge in [-0.25, -0.2) is 0 Å². The van der Waals surface area contributed by atoms with Crippen molar-refractivity contribution in [3.05, 3.63) is 199 Å². The second-order valence-electron chi connectivity index (χ2n) is 14.4. The summed E-state index contributed by atoms with van der Waals surface area (Å²) in [5, 5.41) is 5.02. The molecule has 0 aliphatic carbocycles. The van der Waals surface area contributed by atoms with Crippen LogP contribution in [0.5, 0.6) is 5.75 Å². The average molecular weight is 739 g/mol. The molecule has 0 fully saturated rings. The van der Waals surface area contributed by atoms with Gasteiger partial charge in [0.05, 0.1) is 27.7 Å². The number of rotatable bonds is 6. The summed E-state index contributed by atoms with van der Waals surface area (Å²) in [6.07, 6.45) is 0.0647. The Bertz CT molecular complexity index is 3100. The monoisotopic (exact) mass is 738 g/mol. The van der Waals surface area contributed by atoms with Crippen molar-refractivity contribution < 1.29 is 9.53 Å². The lowest BCUT2D eigenvalue weighted by atomic mass is 9.93. The Hall–Kier alpha value is -6.95. The molecule has 0 amide bonds. The van der Waals surface area contributed by atoms with Gasteiger partial charge in [-0.15, -0.1) is 11.3 Å². The molecule has 1 unspecified atom stereocenters. The average Bonchev–Trinajstić information content (AvgIpc) is 3.81. The lowest BCUT2D eigenvalue weighted by Gasteiger charge is -2.26. The third-order valence-electron chi connectivity index (χ3n) is 11.1. The number of ether oxygens (including phenoxy) is 1. The summed E-state index contributed by atoms with van der Waals surface area (Å²) in [4.78, 5) is 15.7. The molecule has 0 radical (unpaired) electrons. The predicted octanol–water partition coefficient (Wildman–Crippen LogP) is 14.0. The van der Waals surface area contributed by atoms with Gasteiger partial charge in [0.25, 0.3) is 0 Å². The molecule has 1 aliphatic heterocycles. The number of thiophene rings is 1. The molecule has 1 aliphatic rings. The highest BCUT2D eigenvalue weighted by atomic mass is 32.1. The van der Waals surface area contributed by atoms with E-state index in [4.69, 9.17) is 4.74 Å². The van der Waals surface area contributed by atoms with E-state index in [9.17, 15) is 4.79 Å². The molecule has 266 valence electrons. The zero-order chi connectivity index (χ0) is 37.2. The van der Waals surface area contributed by atoms with Crippen LogP contribution in [0.3, 0.4) is 0 Å². The van der Waals surface area contributed by atoms with Gasteiger partial charge in [0.2, 0.25) is 0 Å². The van der Waals surface area contributed by atoms with Crippen LogP contribution < -0.4 is 9.64 Å². The number of hydrogen-bond donors (Lipinski definition) is 0. The lowest BCUT2D eigenvalue weighted by Crippen LogP contribution is -2.20. The van der Waals surface area contributed by atoms with Crippen LogP contribution in [-0.4, -0.2) is 10.4 Å². The molecule has 0 bridgehead atoms. The number of fused-ring (bicyclic) bond motifs is 8. The van der Waals surface area contributed by atoms with E-state index >= 15 is 0 Å². The number of hydrogen-bond acceptors (Lipinski definition) is 4. The summed E-state index contributed by atoms with van der Waals surface area (Å²) < 4.78 is 11.3. The topological polar surface area (TPSA) is 34.5 Å². The van der Waals surface area contributed by atoms with Gasteiger partial charge in [-0.2, -0.15) is 0 Å². The molecule has 0 spiro atoms. The molecule has 11 rings (SSSR count). The van der Waals surface area contributed by atoms with Crippen molar-refractivity contribution in [2.45, 2.75) is 12.5 Å². The number of anilines is 3. The van der Waals surface area contributed by atoms with Gasteiger partial charge >= 0.3 is 0 Å². The number of ketones is 1. The maximum atomic E-state index is 13.4. The molecular weight excluding hydrogens is 705 g/mol. The minimum absolute atomic E-state index is 0.104. The SMILES string of the molecule is O=C1CC(c2ccccc2)Oc2ccc(-c3ccc(N(c4ccccc4)c4ccc5sc6c(ccc7c8ccccc8n(-c8ccccc8)c76)c5c4)cc3)cc21. The molecule has 2 aromatic heterocycles. The Morgan fingerprint density at radius 3 is 2.02 bits per heavy atom. The van der Waals surface area contributed by atoms with E-state index in [-0.39, 0.29) is 11.9 Å². The van der Waals surface area contributed by atoms with E-state index in [2.05, 4.69) is 149 Å². The molecule has 0 N–H and O–H groups in total. The van der Waals surface area contributed by atoms with Crippen LogP contribution in [0.4, 0.5) is 17.1 Å². The van der Waals surface area contributed by atoms with Gasteiger partial charge in [-0.1, -0.05) is 115 Å². The molecule has 4 nitrogen and oxygen atoms in total. The maximum Gasteiger partial charge on any atom is 0.170 e. The number of para-hydroxylation sites is 3. The molecule has 0 saturated heterocycles. The first-order chi connectivity index (χ1) is 27.7. The summed E-state index contributed by atoms with van der Waals surface area (Å²) in [6, 6.07) is 66.0. The van der Waals surface area contributed by atoms with Crippen molar-refractivity contribution in [3.8, 4) is 22.6 Å². The molecule has 5 heteroatoms. The van der Waals surface area contributed by atoms with Gasteiger partial charge in [0.1, 0.15) is 11.9 Å². The Labute approximate surface area is 328 Å². The first-order valence-corrected chi connectivity index (χ1v) is 19.8. The van der Waals surface area contributed by atoms with Gasteiger partial charge in [0, 0.05) is 49.0 Å². The highest BCUT2D eigenvalue weighted by Gasteiger charge is 2.28. The first kappa shape index (κ1) is 32.5. The van der Waals surface area contributed by atoms with Crippen molar-refractivity contribution in [1.29, 1.82) is 0 Å². The third-order valence-corrected chi connectivity index (χ3v) is 12.3. The number of benzene rings is 8. The first-order valence-electron chi connectivity index (χ1n) is 19.0. The van der Waals surface area contributed by atoms with E-state index in [0.29, 0.717) is 17.7 Å². The molecular formula is C51H34N2O2S. The van der Waals surface area contributed by atoms with E-state index in [1.807, 2.05) is 59.9 Å². The Balaban J connectivity index is 0.990. The van der Waals surface area contributed by atoms with Crippen LogP contribution in [0, 0.1) is 0 Å². The Kier molecular flexibility index (Phi) is 7.61. The van der Waals surface area contributed by atoms with Gasteiger partial charge in [-0.05, 0) is 89.5 Å². The van der Waals surface area contributed by atoms with Crippen LogP contribution in [0.1, 0.15) is 28.4 Å². The fourth-order valence-electron chi connectivity index (χ4n) is 8.44. The lowest BCUT2D eigenvalue weighted by molar-refractivity contribution is 0.0850. The Morgan fingerprint density at radius 2 is 1.21 bits per heavy atom. The van der Waals surface area contributed by atoms with Gasteiger partial charge in [0.15, 0.2) is 5.78 Å². The number of nitrogens with zero attached hydrogens (tertiary/aromatic N) is 2. The summed E-state index contributed by atoms with van der Waals surface area (Å²) in [6.45, 7) is 0. The zero-order valence-electron chi connectivity index (χ0n) is 30.3.